The molecule has 106 valence electrons. The van der Waals surface area contributed by atoms with Gasteiger partial charge in [0.1, 0.15) is 0 Å². The molecular formula is C14H17N3O3. The topological polar surface area (TPSA) is 87.3 Å². The van der Waals surface area contributed by atoms with Gasteiger partial charge in [-0.15, -0.1) is 0 Å². The lowest BCUT2D eigenvalue weighted by Gasteiger charge is -2.21. The maximum absolute atomic E-state index is 12.0. The molecule has 0 saturated carbocycles. The van der Waals surface area contributed by atoms with Crippen molar-refractivity contribution in [2.45, 2.75) is 12.8 Å². The number of nitrogens with one attached hydrogen (secondary N) is 3. The van der Waals surface area contributed by atoms with Crippen molar-refractivity contribution in [3.63, 3.8) is 0 Å². The summed E-state index contributed by atoms with van der Waals surface area (Å²) in [5, 5.41) is 8.00. The minimum Gasteiger partial charge on any atom is -0.355 e. The molecule has 1 aliphatic rings. The third-order valence-corrected chi connectivity index (χ3v) is 3.28. The summed E-state index contributed by atoms with van der Waals surface area (Å²) in [4.78, 5) is 34.4. The summed E-state index contributed by atoms with van der Waals surface area (Å²) >= 11 is 0. The fourth-order valence-corrected chi connectivity index (χ4v) is 2.05. The third kappa shape index (κ3) is 3.34. The van der Waals surface area contributed by atoms with Gasteiger partial charge < -0.3 is 16.0 Å². The van der Waals surface area contributed by atoms with E-state index < -0.39 is 0 Å². The van der Waals surface area contributed by atoms with Crippen LogP contribution in [0.15, 0.2) is 24.3 Å². The molecule has 6 nitrogen and oxygen atoms in total. The average Bonchev–Trinajstić information content (AvgIpc) is 2.48. The summed E-state index contributed by atoms with van der Waals surface area (Å²) in [5.74, 6) is -0.495. The molecule has 6 heteroatoms. The first-order chi connectivity index (χ1) is 9.60. The minimum absolute atomic E-state index is 0.0102. The highest BCUT2D eigenvalue weighted by molar-refractivity contribution is 5.96. The molecule has 1 aromatic carbocycles. The second-order valence-corrected chi connectivity index (χ2v) is 4.69. The van der Waals surface area contributed by atoms with Gasteiger partial charge in [0.2, 0.25) is 11.8 Å². The zero-order valence-corrected chi connectivity index (χ0v) is 11.2. The van der Waals surface area contributed by atoms with Gasteiger partial charge in [-0.05, 0) is 30.7 Å². The Bertz CT molecular complexity index is 515. The molecule has 1 aliphatic heterocycles. The van der Waals surface area contributed by atoms with Gasteiger partial charge in [0.25, 0.3) is 5.91 Å². The molecule has 0 aliphatic carbocycles. The Morgan fingerprint density at radius 2 is 1.95 bits per heavy atom. The van der Waals surface area contributed by atoms with E-state index >= 15 is 0 Å². The quantitative estimate of drug-likeness (QED) is 0.751. The van der Waals surface area contributed by atoms with E-state index in [-0.39, 0.29) is 23.6 Å². The fraction of sp³-hybridized carbons (Fsp3) is 0.357. The highest BCUT2D eigenvalue weighted by Crippen LogP contribution is 2.15. The molecule has 1 fully saturated rings. The van der Waals surface area contributed by atoms with Crippen LogP contribution in [0.3, 0.4) is 0 Å². The molecule has 0 bridgehead atoms. The molecule has 2 rings (SSSR count). The molecule has 3 amide bonds. The Labute approximate surface area is 116 Å². The zero-order chi connectivity index (χ0) is 14.5. The summed E-state index contributed by atoms with van der Waals surface area (Å²) in [7, 11) is 1.56. The van der Waals surface area contributed by atoms with Crippen molar-refractivity contribution < 1.29 is 14.4 Å². The van der Waals surface area contributed by atoms with Crippen molar-refractivity contribution in [3.8, 4) is 0 Å². The summed E-state index contributed by atoms with van der Waals surface area (Å²) in [6, 6.07) is 6.67. The van der Waals surface area contributed by atoms with Crippen LogP contribution < -0.4 is 16.0 Å². The second-order valence-electron chi connectivity index (χ2n) is 4.69. The first-order valence-electron chi connectivity index (χ1n) is 6.50. The Kier molecular flexibility index (Phi) is 4.34. The Morgan fingerprint density at radius 3 is 2.50 bits per heavy atom. The van der Waals surface area contributed by atoms with Crippen molar-refractivity contribution >= 4 is 23.4 Å². The molecule has 0 spiro atoms. The average molecular weight is 275 g/mol. The van der Waals surface area contributed by atoms with Gasteiger partial charge in [-0.3, -0.25) is 14.4 Å². The Hall–Kier alpha value is -2.37. The van der Waals surface area contributed by atoms with Crippen molar-refractivity contribution in [1.82, 2.24) is 10.6 Å². The van der Waals surface area contributed by atoms with E-state index in [2.05, 4.69) is 16.0 Å². The molecule has 1 unspecified atom stereocenters. The van der Waals surface area contributed by atoms with Crippen molar-refractivity contribution in [1.29, 1.82) is 0 Å². The highest BCUT2D eigenvalue weighted by atomic mass is 16.2. The smallest absolute Gasteiger partial charge is 0.251 e. The summed E-state index contributed by atoms with van der Waals surface area (Å²) in [6.07, 6.45) is 0.946. The summed E-state index contributed by atoms with van der Waals surface area (Å²) in [6.45, 7) is 0.376. The van der Waals surface area contributed by atoms with E-state index in [4.69, 9.17) is 0 Å². The molecule has 1 atom stereocenters. The monoisotopic (exact) mass is 275 g/mol. The number of benzene rings is 1. The predicted molar refractivity (Wildman–Crippen MR) is 74.2 cm³/mol. The van der Waals surface area contributed by atoms with Crippen LogP contribution in [0.4, 0.5) is 5.69 Å². The van der Waals surface area contributed by atoms with Crippen LogP contribution in [0.1, 0.15) is 23.2 Å². The molecule has 20 heavy (non-hydrogen) atoms. The van der Waals surface area contributed by atoms with Gasteiger partial charge in [-0.2, -0.15) is 0 Å². The minimum atomic E-state index is -0.202. The Morgan fingerprint density at radius 1 is 1.25 bits per heavy atom. The van der Waals surface area contributed by atoms with Crippen LogP contribution >= 0.6 is 0 Å². The standard InChI is InChI=1S/C14H17N3O3/c1-15-13(19)9-2-5-11(6-3-9)17-14(20)10-4-7-12(18)16-8-10/h2-3,5-6,10H,4,7-8H2,1H3,(H,15,19)(H,16,18)(H,17,20). The molecule has 1 aromatic rings. The fourth-order valence-electron chi connectivity index (χ4n) is 2.05. The zero-order valence-electron chi connectivity index (χ0n) is 11.2. The normalized spacial score (nSPS) is 18.1. The number of carbonyl (C=O) groups is 3. The lowest BCUT2D eigenvalue weighted by atomic mass is 9.98. The van der Waals surface area contributed by atoms with Crippen molar-refractivity contribution in [2.24, 2.45) is 5.92 Å². The van der Waals surface area contributed by atoms with Crippen molar-refractivity contribution in [2.75, 3.05) is 18.9 Å². The molecule has 1 saturated heterocycles. The first-order valence-corrected chi connectivity index (χ1v) is 6.50. The number of hydrogen-bond acceptors (Lipinski definition) is 3. The van der Waals surface area contributed by atoms with E-state index in [1.54, 1.807) is 31.3 Å². The number of carbonyl (C=O) groups excluding carboxylic acids is 3. The van der Waals surface area contributed by atoms with Gasteiger partial charge in [0.05, 0.1) is 5.92 Å². The number of hydrogen-bond donors (Lipinski definition) is 3. The predicted octanol–water partition coefficient (Wildman–Crippen LogP) is 0.511. The van der Waals surface area contributed by atoms with Crippen LogP contribution in [0.5, 0.6) is 0 Å². The molecular weight excluding hydrogens is 258 g/mol. The largest absolute Gasteiger partial charge is 0.355 e. The van der Waals surface area contributed by atoms with Gasteiger partial charge in [0, 0.05) is 31.3 Å². The van der Waals surface area contributed by atoms with Gasteiger partial charge in [-0.1, -0.05) is 0 Å². The number of anilines is 1. The van der Waals surface area contributed by atoms with Crippen LogP contribution in [0.25, 0.3) is 0 Å². The molecule has 0 aromatic heterocycles. The highest BCUT2D eigenvalue weighted by Gasteiger charge is 2.24. The number of rotatable bonds is 3. The maximum atomic E-state index is 12.0. The van der Waals surface area contributed by atoms with Crippen LogP contribution in [-0.4, -0.2) is 31.3 Å². The Balaban J connectivity index is 1.94. The third-order valence-electron chi connectivity index (χ3n) is 3.28. The lowest BCUT2D eigenvalue weighted by molar-refractivity contribution is -0.126. The summed E-state index contributed by atoms with van der Waals surface area (Å²) < 4.78 is 0. The molecule has 0 radical (unpaired) electrons. The summed E-state index contributed by atoms with van der Waals surface area (Å²) in [5.41, 5.74) is 1.18. The van der Waals surface area contributed by atoms with Crippen LogP contribution in [0, 0.1) is 5.92 Å². The van der Waals surface area contributed by atoms with Gasteiger partial charge in [-0.25, -0.2) is 0 Å². The van der Waals surface area contributed by atoms with Gasteiger partial charge in [0.15, 0.2) is 0 Å². The number of amides is 3. The molecule has 3 N–H and O–H groups in total. The van der Waals surface area contributed by atoms with E-state index in [0.29, 0.717) is 30.6 Å². The van der Waals surface area contributed by atoms with E-state index in [9.17, 15) is 14.4 Å². The van der Waals surface area contributed by atoms with E-state index in [0.717, 1.165) is 0 Å². The van der Waals surface area contributed by atoms with Gasteiger partial charge >= 0.3 is 0 Å². The first kappa shape index (κ1) is 14.0. The van der Waals surface area contributed by atoms with Crippen molar-refractivity contribution in [3.05, 3.63) is 29.8 Å². The van der Waals surface area contributed by atoms with E-state index in [1.165, 1.54) is 0 Å². The molecule has 1 heterocycles. The number of piperidine rings is 1. The lowest BCUT2D eigenvalue weighted by Crippen LogP contribution is -2.40. The SMILES string of the molecule is CNC(=O)c1ccc(NC(=O)C2CCC(=O)NC2)cc1. The van der Waals surface area contributed by atoms with Crippen LogP contribution in [-0.2, 0) is 9.59 Å². The second kappa shape index (κ2) is 6.18. The van der Waals surface area contributed by atoms with Crippen LogP contribution in [0.2, 0.25) is 0 Å². The maximum Gasteiger partial charge on any atom is 0.251 e. The van der Waals surface area contributed by atoms with E-state index in [1.807, 2.05) is 0 Å².